The van der Waals surface area contributed by atoms with Crippen LogP contribution in [0.4, 0.5) is 5.13 Å². The lowest BCUT2D eigenvalue weighted by molar-refractivity contribution is 0.102. The first-order valence-corrected chi connectivity index (χ1v) is 11.8. The number of amides is 1. The summed E-state index contributed by atoms with van der Waals surface area (Å²) in [5.41, 5.74) is 0.391. The Morgan fingerprint density at radius 3 is 2.36 bits per heavy atom. The van der Waals surface area contributed by atoms with Crippen LogP contribution in [0.3, 0.4) is 0 Å². The van der Waals surface area contributed by atoms with Crippen LogP contribution in [0.15, 0.2) is 29.2 Å². The zero-order valence-corrected chi connectivity index (χ0v) is 17.6. The molecule has 0 radical (unpaired) electrons. The topological polar surface area (TPSA) is 92.3 Å². The van der Waals surface area contributed by atoms with Gasteiger partial charge < -0.3 is 0 Å². The molecule has 2 atom stereocenters. The van der Waals surface area contributed by atoms with Crippen molar-refractivity contribution in [3.63, 3.8) is 0 Å². The summed E-state index contributed by atoms with van der Waals surface area (Å²) in [5.74, 6) is 0.863. The maximum Gasteiger partial charge on any atom is 0.257 e. The number of sulfonamides is 1. The molecule has 150 valence electrons. The molecule has 2 aliphatic rings. The number of aromatic nitrogens is 2. The Morgan fingerprint density at radius 2 is 1.75 bits per heavy atom. The second-order valence-corrected chi connectivity index (χ2v) is 10.9. The summed E-state index contributed by atoms with van der Waals surface area (Å²) >= 11 is 1.40. The normalized spacial score (nSPS) is 23.5. The number of benzene rings is 1. The molecule has 1 saturated heterocycles. The fraction of sp³-hybridized carbons (Fsp3) is 0.526. The van der Waals surface area contributed by atoms with Crippen LogP contribution in [0.25, 0.3) is 0 Å². The predicted molar refractivity (Wildman–Crippen MR) is 108 cm³/mol. The number of nitrogens with zero attached hydrogens (tertiary/aromatic N) is 3. The van der Waals surface area contributed by atoms with E-state index >= 15 is 0 Å². The summed E-state index contributed by atoms with van der Waals surface area (Å²) in [5, 5.41) is 12.3. The van der Waals surface area contributed by atoms with Crippen LogP contribution in [-0.4, -0.2) is 41.9 Å². The van der Waals surface area contributed by atoms with Gasteiger partial charge in [0.25, 0.3) is 5.91 Å². The molecule has 1 aromatic carbocycles. The molecule has 1 aliphatic carbocycles. The van der Waals surface area contributed by atoms with E-state index in [1.54, 1.807) is 16.4 Å². The maximum absolute atomic E-state index is 12.9. The third-order valence-corrected chi connectivity index (χ3v) is 8.02. The molecular weight excluding hydrogens is 396 g/mol. The number of rotatable bonds is 5. The van der Waals surface area contributed by atoms with Gasteiger partial charge in [0.1, 0.15) is 5.01 Å². The van der Waals surface area contributed by atoms with Crippen LogP contribution in [0.1, 0.15) is 54.4 Å². The zero-order valence-electron chi connectivity index (χ0n) is 16.0. The van der Waals surface area contributed by atoms with Gasteiger partial charge in [0, 0.05) is 24.6 Å². The standard InChI is InChI=1S/C19H24N4O3S2/c1-12-9-13(2)11-23(10-12)28(25,26)16-7-5-14(6-8-16)17(24)20-19-22-21-18(27-19)15-3-4-15/h5-8,12-13,15H,3-4,9-11H2,1-2H3,(H,20,22,24)/t12-,13-/m1/s1. The van der Waals surface area contributed by atoms with Crippen molar-refractivity contribution in [2.75, 3.05) is 18.4 Å². The van der Waals surface area contributed by atoms with Gasteiger partial charge in [-0.15, -0.1) is 10.2 Å². The van der Waals surface area contributed by atoms with Crippen molar-refractivity contribution in [1.82, 2.24) is 14.5 Å². The number of anilines is 1. The highest BCUT2D eigenvalue weighted by Gasteiger charge is 2.32. The van der Waals surface area contributed by atoms with E-state index in [1.807, 2.05) is 0 Å². The molecule has 4 rings (SSSR count). The van der Waals surface area contributed by atoms with E-state index < -0.39 is 10.0 Å². The van der Waals surface area contributed by atoms with Crippen molar-refractivity contribution in [3.8, 4) is 0 Å². The molecule has 0 bridgehead atoms. The molecule has 1 aromatic heterocycles. The Balaban J connectivity index is 1.45. The average molecular weight is 421 g/mol. The van der Waals surface area contributed by atoms with Crippen molar-refractivity contribution < 1.29 is 13.2 Å². The van der Waals surface area contributed by atoms with E-state index in [1.165, 1.54) is 23.5 Å². The van der Waals surface area contributed by atoms with Crippen molar-refractivity contribution >= 4 is 32.4 Å². The quantitative estimate of drug-likeness (QED) is 0.801. The van der Waals surface area contributed by atoms with Crippen LogP contribution in [0.2, 0.25) is 0 Å². The first-order valence-electron chi connectivity index (χ1n) is 9.58. The number of nitrogens with one attached hydrogen (secondary N) is 1. The molecule has 1 amide bonds. The molecule has 9 heteroatoms. The van der Waals surface area contributed by atoms with Gasteiger partial charge in [0.15, 0.2) is 0 Å². The van der Waals surface area contributed by atoms with Crippen molar-refractivity contribution in [3.05, 3.63) is 34.8 Å². The number of piperidine rings is 1. The maximum atomic E-state index is 12.9. The molecule has 1 aliphatic heterocycles. The lowest BCUT2D eigenvalue weighted by atomic mass is 9.94. The minimum Gasteiger partial charge on any atom is -0.296 e. The van der Waals surface area contributed by atoms with Gasteiger partial charge in [0.2, 0.25) is 15.2 Å². The summed E-state index contributed by atoms with van der Waals surface area (Å²) < 4.78 is 27.4. The van der Waals surface area contributed by atoms with Crippen LogP contribution in [0, 0.1) is 11.8 Å². The largest absolute Gasteiger partial charge is 0.296 e. The van der Waals surface area contributed by atoms with Gasteiger partial charge in [0.05, 0.1) is 4.90 Å². The van der Waals surface area contributed by atoms with Gasteiger partial charge in [-0.1, -0.05) is 25.2 Å². The van der Waals surface area contributed by atoms with Gasteiger partial charge in [-0.25, -0.2) is 8.42 Å². The van der Waals surface area contributed by atoms with E-state index in [0.717, 1.165) is 24.3 Å². The van der Waals surface area contributed by atoms with Crippen molar-refractivity contribution in [1.29, 1.82) is 0 Å². The van der Waals surface area contributed by atoms with Crippen molar-refractivity contribution in [2.24, 2.45) is 11.8 Å². The van der Waals surface area contributed by atoms with E-state index in [-0.39, 0.29) is 10.8 Å². The van der Waals surface area contributed by atoms with Crippen LogP contribution >= 0.6 is 11.3 Å². The summed E-state index contributed by atoms with van der Waals surface area (Å²) in [6.07, 6.45) is 3.30. The second-order valence-electron chi connectivity index (χ2n) is 7.97. The van der Waals surface area contributed by atoms with Gasteiger partial charge >= 0.3 is 0 Å². The van der Waals surface area contributed by atoms with E-state index in [0.29, 0.717) is 41.5 Å². The van der Waals surface area contributed by atoms with Crippen LogP contribution < -0.4 is 5.32 Å². The minimum absolute atomic E-state index is 0.220. The molecule has 1 saturated carbocycles. The number of hydrogen-bond acceptors (Lipinski definition) is 6. The van der Waals surface area contributed by atoms with Crippen LogP contribution in [0.5, 0.6) is 0 Å². The fourth-order valence-electron chi connectivity index (χ4n) is 3.68. The molecular formula is C19H24N4O3S2. The molecule has 7 nitrogen and oxygen atoms in total. The average Bonchev–Trinajstić information content (AvgIpc) is 3.40. The first-order chi connectivity index (χ1) is 13.3. The lowest BCUT2D eigenvalue weighted by Crippen LogP contribution is -2.42. The Kier molecular flexibility index (Phi) is 5.24. The van der Waals surface area contributed by atoms with E-state index in [4.69, 9.17) is 0 Å². The summed E-state index contributed by atoms with van der Waals surface area (Å²) in [4.78, 5) is 12.6. The smallest absolute Gasteiger partial charge is 0.257 e. The van der Waals surface area contributed by atoms with E-state index in [2.05, 4.69) is 29.4 Å². The lowest BCUT2D eigenvalue weighted by Gasteiger charge is -2.34. The van der Waals surface area contributed by atoms with Gasteiger partial charge in [-0.05, 0) is 55.4 Å². The third kappa shape index (κ3) is 4.11. The number of carbonyl (C=O) groups excluding carboxylic acids is 1. The Labute approximate surface area is 169 Å². The highest BCUT2D eigenvalue weighted by atomic mass is 32.2. The monoisotopic (exact) mass is 420 g/mol. The molecule has 2 heterocycles. The number of hydrogen-bond donors (Lipinski definition) is 1. The molecule has 1 N–H and O–H groups in total. The fourth-order valence-corrected chi connectivity index (χ4v) is 6.27. The molecule has 2 fully saturated rings. The van der Waals surface area contributed by atoms with Crippen molar-refractivity contribution in [2.45, 2.75) is 43.9 Å². The molecule has 2 aromatic rings. The van der Waals surface area contributed by atoms with Gasteiger partial charge in [-0.3, -0.25) is 10.1 Å². The SMILES string of the molecule is C[C@@H]1C[C@@H](C)CN(S(=O)(=O)c2ccc(C(=O)Nc3nnc(C4CC4)s3)cc2)C1. The predicted octanol–water partition coefficient (Wildman–Crippen LogP) is 3.33. The molecule has 28 heavy (non-hydrogen) atoms. The Hall–Kier alpha value is -1.84. The van der Waals surface area contributed by atoms with Gasteiger partial charge in [-0.2, -0.15) is 4.31 Å². The minimum atomic E-state index is -3.55. The number of carbonyl (C=O) groups is 1. The summed E-state index contributed by atoms with van der Waals surface area (Å²) in [6, 6.07) is 6.09. The first kappa shape index (κ1) is 19.5. The Morgan fingerprint density at radius 1 is 1.11 bits per heavy atom. The summed E-state index contributed by atoms with van der Waals surface area (Å²) in [7, 11) is -3.55. The van der Waals surface area contributed by atoms with Crippen LogP contribution in [-0.2, 0) is 10.0 Å². The molecule has 0 unspecified atom stereocenters. The van der Waals surface area contributed by atoms with E-state index in [9.17, 15) is 13.2 Å². The second kappa shape index (κ2) is 7.53. The molecule has 0 spiro atoms. The summed E-state index contributed by atoms with van der Waals surface area (Å²) in [6.45, 7) is 5.23. The third-order valence-electron chi connectivity index (χ3n) is 5.18. The zero-order chi connectivity index (χ0) is 19.9. The highest BCUT2D eigenvalue weighted by Crippen LogP contribution is 2.42. The Bertz CT molecular complexity index is 957. The highest BCUT2D eigenvalue weighted by molar-refractivity contribution is 7.89.